The van der Waals surface area contributed by atoms with Crippen molar-refractivity contribution < 1.29 is 0 Å². The van der Waals surface area contributed by atoms with Crippen molar-refractivity contribution in [3.8, 4) is 5.69 Å². The Labute approximate surface area is 81.1 Å². The molecule has 0 fully saturated rings. The molecule has 0 saturated heterocycles. The summed E-state index contributed by atoms with van der Waals surface area (Å²) >= 11 is 0. The monoisotopic (exact) mass is 192 g/mol. The van der Waals surface area contributed by atoms with Gasteiger partial charge >= 0.3 is 0 Å². The Morgan fingerprint density at radius 2 is 1.57 bits per heavy atom. The van der Waals surface area contributed by atoms with Crippen molar-refractivity contribution in [3.05, 3.63) is 24.3 Å². The minimum absolute atomic E-state index is 0.848. The van der Waals surface area contributed by atoms with E-state index in [0.717, 1.165) is 11.4 Å². The molecule has 0 aliphatic rings. The van der Waals surface area contributed by atoms with E-state index >= 15 is 0 Å². The predicted octanol–water partition coefficient (Wildman–Crippen LogP) is 0.123. The van der Waals surface area contributed by atoms with Gasteiger partial charge in [0.15, 0.2) is 0 Å². The zero-order valence-electron chi connectivity index (χ0n) is 7.99. The molecule has 0 bridgehead atoms. The molecule has 2 rings (SSSR count). The highest BCUT2D eigenvalue weighted by atomic mass is 16.2. The first-order valence-electron chi connectivity index (χ1n) is 4.16. The van der Waals surface area contributed by atoms with Gasteiger partial charge in [-0.3, -0.25) is 0 Å². The molecule has 72 valence electrons. The maximum Gasteiger partial charge on any atom is 0.0894 e. The molecule has 0 amide bonds. The highest BCUT2D eigenvalue weighted by Gasteiger charge is 1.99. The lowest BCUT2D eigenvalue weighted by molar-refractivity contribution is 0.712. The van der Waals surface area contributed by atoms with Crippen LogP contribution in [-0.4, -0.2) is 39.7 Å². The van der Waals surface area contributed by atoms with Crippen molar-refractivity contribution in [2.75, 3.05) is 19.0 Å². The van der Waals surface area contributed by atoms with Crippen LogP contribution in [0.25, 0.3) is 5.69 Å². The summed E-state index contributed by atoms with van der Waals surface area (Å²) in [7, 11) is 3.98. The lowest BCUT2D eigenvalue weighted by atomic mass is 10.3. The van der Waals surface area contributed by atoms with Gasteiger partial charge < -0.3 is 4.90 Å². The summed E-state index contributed by atoms with van der Waals surface area (Å²) < 4.78 is 0. The zero-order valence-corrected chi connectivity index (χ0v) is 7.99. The summed E-state index contributed by atoms with van der Waals surface area (Å²) in [5, 5.41) is 14.2. The van der Waals surface area contributed by atoms with Crippen LogP contribution < -0.4 is 4.90 Å². The Balaban J connectivity index is 2.31. The molecule has 14 heavy (non-hydrogen) atoms. The Hall–Kier alpha value is -1.98. The second-order valence-electron chi connectivity index (χ2n) is 3.06. The van der Waals surface area contributed by atoms with Crippen LogP contribution in [0.15, 0.2) is 24.3 Å². The minimum Gasteiger partial charge on any atom is -0.378 e. The SMILES string of the molecule is CN(C)c1ccc(-n2[15n]nn[15n]2)cc1. The van der Waals surface area contributed by atoms with Crippen LogP contribution in [0.2, 0.25) is 0 Å². The van der Waals surface area contributed by atoms with E-state index in [1.807, 2.05) is 43.3 Å². The standard InChI is InChI=1S/C8H10N6/c1-13(2)7-3-5-8(6-4-7)14-11-9-10-12-14/h3-6H,1-2H3/i11+1,12+1. The molecule has 6 nitrogen and oxygen atoms in total. The second-order valence-corrected chi connectivity index (χ2v) is 3.06. The highest BCUT2D eigenvalue weighted by Crippen LogP contribution is 2.13. The smallest absolute Gasteiger partial charge is 0.0894 e. The molecular formula is C8H10N6. The van der Waals surface area contributed by atoms with E-state index in [1.165, 1.54) is 4.80 Å². The third kappa shape index (κ3) is 1.54. The van der Waals surface area contributed by atoms with Gasteiger partial charge in [-0.25, -0.2) is 0 Å². The van der Waals surface area contributed by atoms with Crippen LogP contribution in [0.5, 0.6) is 0 Å². The fourth-order valence-electron chi connectivity index (χ4n) is 1.12. The van der Waals surface area contributed by atoms with Gasteiger partial charge in [-0.05, 0) is 45.1 Å². The molecule has 0 radical (unpaired) electrons. The number of hydrogen-bond donors (Lipinski definition) is 0. The van der Waals surface area contributed by atoms with Crippen LogP contribution >= 0.6 is 0 Å². The van der Waals surface area contributed by atoms with Crippen LogP contribution in [0.1, 0.15) is 0 Å². The molecule has 0 saturated carbocycles. The Bertz CT molecular complexity index is 390. The summed E-state index contributed by atoms with van der Waals surface area (Å²) in [4.78, 5) is 3.40. The first-order valence-corrected chi connectivity index (χ1v) is 4.16. The minimum atomic E-state index is 0.848. The average molecular weight is 192 g/mol. The summed E-state index contributed by atoms with van der Waals surface area (Å²) in [5.74, 6) is 0. The summed E-state index contributed by atoms with van der Waals surface area (Å²) in [5.41, 5.74) is 1.97. The van der Waals surface area contributed by atoms with Crippen molar-refractivity contribution in [1.82, 2.24) is 25.7 Å². The largest absolute Gasteiger partial charge is 0.378 e. The fourth-order valence-corrected chi connectivity index (χ4v) is 1.12. The maximum absolute atomic E-state index is 3.69. The van der Waals surface area contributed by atoms with E-state index in [4.69, 9.17) is 0 Å². The van der Waals surface area contributed by atoms with Gasteiger partial charge in [-0.15, -0.1) is 4.80 Å². The first kappa shape index (κ1) is 8.61. The van der Waals surface area contributed by atoms with Gasteiger partial charge in [0.2, 0.25) is 0 Å². The average Bonchev–Trinajstić information content (AvgIpc) is 2.71. The van der Waals surface area contributed by atoms with Gasteiger partial charge in [0, 0.05) is 19.8 Å². The number of nitrogens with zero attached hydrogens (tertiary/aromatic N) is 6. The molecule has 0 atom stereocenters. The molecule has 0 N–H and O–H groups in total. The van der Waals surface area contributed by atoms with Crippen LogP contribution in [0, 0.1) is 0 Å². The fraction of sp³-hybridized carbons (Fsp3) is 0.250. The molecule has 2 aromatic rings. The lowest BCUT2D eigenvalue weighted by Gasteiger charge is -2.11. The quantitative estimate of drug-likeness (QED) is 0.676. The normalized spacial score (nSPS) is 10.1. The van der Waals surface area contributed by atoms with E-state index in [2.05, 4.69) is 20.9 Å². The Morgan fingerprint density at radius 3 is 2.07 bits per heavy atom. The number of rotatable bonds is 2. The van der Waals surface area contributed by atoms with Gasteiger partial charge in [0.25, 0.3) is 0 Å². The molecule has 1 heterocycles. The third-order valence-corrected chi connectivity index (χ3v) is 1.89. The van der Waals surface area contributed by atoms with Crippen LogP contribution in [0.3, 0.4) is 0 Å². The van der Waals surface area contributed by atoms with Crippen LogP contribution in [0.4, 0.5) is 5.69 Å². The van der Waals surface area contributed by atoms with E-state index < -0.39 is 0 Å². The third-order valence-electron chi connectivity index (χ3n) is 1.89. The van der Waals surface area contributed by atoms with Crippen LogP contribution in [-0.2, 0) is 0 Å². The summed E-state index contributed by atoms with van der Waals surface area (Å²) in [6, 6.07) is 7.80. The highest BCUT2D eigenvalue weighted by molar-refractivity contribution is 5.49. The molecular weight excluding hydrogens is 182 g/mol. The topological polar surface area (TPSA) is 59.7 Å². The number of anilines is 1. The first-order chi connectivity index (χ1) is 6.77. The molecule has 1 aromatic heterocycles. The lowest BCUT2D eigenvalue weighted by Crippen LogP contribution is -2.08. The Kier molecular flexibility index (Phi) is 2.10. The van der Waals surface area contributed by atoms with Gasteiger partial charge in [-0.1, -0.05) is 0 Å². The molecule has 6 heteroatoms. The molecule has 1 aromatic carbocycles. The van der Waals surface area contributed by atoms with E-state index in [0.29, 0.717) is 0 Å². The molecule has 0 aliphatic carbocycles. The second kappa shape index (κ2) is 3.41. The molecule has 0 aliphatic heterocycles. The van der Waals surface area contributed by atoms with E-state index in [-0.39, 0.29) is 0 Å². The molecule has 0 spiro atoms. The Morgan fingerprint density at radius 1 is 1.00 bits per heavy atom. The van der Waals surface area contributed by atoms with Crippen molar-refractivity contribution in [2.24, 2.45) is 0 Å². The van der Waals surface area contributed by atoms with Gasteiger partial charge in [-0.2, -0.15) is 0 Å². The zero-order chi connectivity index (χ0) is 9.97. The summed E-state index contributed by atoms with van der Waals surface area (Å²) in [6.07, 6.45) is 0. The summed E-state index contributed by atoms with van der Waals surface area (Å²) in [6.45, 7) is 0. The van der Waals surface area contributed by atoms with Crippen molar-refractivity contribution in [1.29, 1.82) is 0 Å². The van der Waals surface area contributed by atoms with Gasteiger partial charge in [0.05, 0.1) is 5.69 Å². The number of aromatic nitrogens is 5. The van der Waals surface area contributed by atoms with Gasteiger partial charge in [0.1, 0.15) is 0 Å². The van der Waals surface area contributed by atoms with Crippen molar-refractivity contribution >= 4 is 5.69 Å². The molecule has 0 unspecified atom stereocenters. The van der Waals surface area contributed by atoms with Crippen molar-refractivity contribution in [3.63, 3.8) is 0 Å². The number of benzene rings is 1. The van der Waals surface area contributed by atoms with E-state index in [9.17, 15) is 0 Å². The predicted molar refractivity (Wildman–Crippen MR) is 51.3 cm³/mol. The van der Waals surface area contributed by atoms with Crippen molar-refractivity contribution in [2.45, 2.75) is 0 Å². The maximum atomic E-state index is 3.69. The van der Waals surface area contributed by atoms with E-state index in [1.54, 1.807) is 0 Å². The number of hydrogen-bond acceptors (Lipinski definition) is 5.